The largest absolute Gasteiger partial charge is 0.396 e. The highest BCUT2D eigenvalue weighted by atomic mass is 35.5. The van der Waals surface area contributed by atoms with Gasteiger partial charge in [0.05, 0.1) is 0 Å². The van der Waals surface area contributed by atoms with Gasteiger partial charge < -0.3 is 10.8 Å². The molecule has 112 valence electrons. The molecule has 0 bridgehead atoms. The van der Waals surface area contributed by atoms with Crippen LogP contribution in [0.3, 0.4) is 0 Å². The summed E-state index contributed by atoms with van der Waals surface area (Å²) in [4.78, 5) is 2.45. The molecule has 2 rings (SSSR count). The zero-order chi connectivity index (χ0) is 14.5. The first-order chi connectivity index (χ1) is 9.65. The minimum Gasteiger partial charge on any atom is -0.396 e. The van der Waals surface area contributed by atoms with Crippen LogP contribution < -0.4 is 5.73 Å². The number of nitrogens with two attached hydrogens (primary N) is 1. The quantitative estimate of drug-likeness (QED) is 0.878. The van der Waals surface area contributed by atoms with Crippen LogP contribution in [0.25, 0.3) is 0 Å². The molecule has 0 saturated carbocycles. The fraction of sp³-hybridized carbons (Fsp3) is 0.625. The summed E-state index contributed by atoms with van der Waals surface area (Å²) < 4.78 is 0. The maximum atomic E-state index is 9.26. The summed E-state index contributed by atoms with van der Waals surface area (Å²) in [5.74, 6) is 0.448. The Morgan fingerprint density at radius 2 is 2.10 bits per heavy atom. The second-order valence-electron chi connectivity index (χ2n) is 5.73. The Balaban J connectivity index is 2.16. The van der Waals surface area contributed by atoms with Crippen LogP contribution in [0.1, 0.15) is 37.8 Å². The maximum absolute atomic E-state index is 9.26. The normalized spacial score (nSPS) is 20.8. The first kappa shape index (κ1) is 15.8. The molecule has 1 heterocycles. The number of rotatable bonds is 5. The van der Waals surface area contributed by atoms with E-state index in [1.807, 2.05) is 18.2 Å². The van der Waals surface area contributed by atoms with Gasteiger partial charge in [0.15, 0.2) is 0 Å². The van der Waals surface area contributed by atoms with Crippen LogP contribution >= 0.6 is 11.6 Å². The highest BCUT2D eigenvalue weighted by Gasteiger charge is 2.29. The second-order valence-corrected chi connectivity index (χ2v) is 6.17. The number of hydrogen-bond donors (Lipinski definition) is 2. The molecular weight excluding hydrogens is 272 g/mol. The van der Waals surface area contributed by atoms with Crippen molar-refractivity contribution in [1.82, 2.24) is 4.90 Å². The van der Waals surface area contributed by atoms with Gasteiger partial charge in [-0.05, 0) is 56.0 Å². The smallest absolute Gasteiger partial charge is 0.0499 e. The highest BCUT2D eigenvalue weighted by Crippen LogP contribution is 2.30. The molecule has 1 aliphatic heterocycles. The number of nitrogens with zero attached hydrogens (tertiary/aromatic N) is 1. The number of likely N-dealkylation sites (tertiary alicyclic amines) is 1. The predicted octanol–water partition coefficient (Wildman–Crippen LogP) is 2.82. The van der Waals surface area contributed by atoms with Crippen molar-refractivity contribution in [1.29, 1.82) is 0 Å². The molecule has 0 spiro atoms. The lowest BCUT2D eigenvalue weighted by atomic mass is 9.91. The minimum absolute atomic E-state index is 0.110. The summed E-state index contributed by atoms with van der Waals surface area (Å²) in [6.45, 7) is 4.42. The molecule has 4 heteroatoms. The molecule has 3 nitrogen and oxygen atoms in total. The van der Waals surface area contributed by atoms with E-state index in [2.05, 4.69) is 17.9 Å². The number of piperidine rings is 1. The Kier molecular flexibility index (Phi) is 5.85. The maximum Gasteiger partial charge on any atom is 0.0499 e. The molecule has 0 aliphatic carbocycles. The van der Waals surface area contributed by atoms with E-state index in [0.29, 0.717) is 12.5 Å². The highest BCUT2D eigenvalue weighted by molar-refractivity contribution is 6.30. The third-order valence-corrected chi connectivity index (χ3v) is 4.60. The molecular formula is C16H25ClN2O. The van der Waals surface area contributed by atoms with Crippen molar-refractivity contribution in [3.63, 3.8) is 0 Å². The van der Waals surface area contributed by atoms with E-state index in [9.17, 15) is 5.11 Å². The zero-order valence-electron chi connectivity index (χ0n) is 12.1. The van der Waals surface area contributed by atoms with E-state index >= 15 is 0 Å². The lowest BCUT2D eigenvalue weighted by molar-refractivity contribution is 0.0884. The lowest BCUT2D eigenvalue weighted by Gasteiger charge is -2.40. The molecule has 1 fully saturated rings. The first-order valence-electron chi connectivity index (χ1n) is 7.51. The number of aliphatic hydroxyl groups excluding tert-OH is 1. The summed E-state index contributed by atoms with van der Waals surface area (Å²) in [6, 6.07) is 8.37. The Labute approximate surface area is 126 Å². The van der Waals surface area contributed by atoms with Crippen LogP contribution in [0.2, 0.25) is 5.02 Å². The van der Waals surface area contributed by atoms with Gasteiger partial charge in [-0.25, -0.2) is 0 Å². The topological polar surface area (TPSA) is 49.5 Å². The summed E-state index contributed by atoms with van der Waals surface area (Å²) in [5, 5.41) is 10.0. The number of aliphatic hydroxyl groups is 1. The number of benzene rings is 1. The van der Waals surface area contributed by atoms with Crippen LogP contribution in [0, 0.1) is 5.92 Å². The lowest BCUT2D eigenvalue weighted by Crippen LogP contribution is -2.45. The van der Waals surface area contributed by atoms with Gasteiger partial charge in [0.2, 0.25) is 0 Å². The summed E-state index contributed by atoms with van der Waals surface area (Å²) in [6.07, 6.45) is 3.03. The van der Waals surface area contributed by atoms with E-state index in [1.165, 1.54) is 5.56 Å². The van der Waals surface area contributed by atoms with Gasteiger partial charge in [-0.1, -0.05) is 30.7 Å². The van der Waals surface area contributed by atoms with Crippen LogP contribution in [0.4, 0.5) is 0 Å². The van der Waals surface area contributed by atoms with Gasteiger partial charge >= 0.3 is 0 Å². The van der Waals surface area contributed by atoms with Crippen LogP contribution in [-0.4, -0.2) is 35.7 Å². The van der Waals surface area contributed by atoms with Crippen molar-refractivity contribution < 1.29 is 5.11 Å². The molecule has 0 aromatic heterocycles. The van der Waals surface area contributed by atoms with Crippen molar-refractivity contribution in [3.05, 3.63) is 34.9 Å². The standard InChI is InChI=1S/C16H25ClN2O/c1-2-15(18)16(13-4-3-5-14(17)10-13)19-8-6-12(11-20)7-9-19/h3-5,10,12,15-16,20H,2,6-9,11,18H2,1H3. The minimum atomic E-state index is 0.110. The van der Waals surface area contributed by atoms with Crippen molar-refractivity contribution in [2.45, 2.75) is 38.3 Å². The fourth-order valence-electron chi connectivity index (χ4n) is 3.06. The monoisotopic (exact) mass is 296 g/mol. The molecule has 1 aromatic rings. The molecule has 2 unspecified atom stereocenters. The van der Waals surface area contributed by atoms with Gasteiger partial charge in [0.25, 0.3) is 0 Å². The Bertz CT molecular complexity index is 419. The average Bonchev–Trinajstić information content (AvgIpc) is 2.48. The summed E-state index contributed by atoms with van der Waals surface area (Å²) in [7, 11) is 0. The molecule has 3 N–H and O–H groups in total. The van der Waals surface area contributed by atoms with Crippen LogP contribution in [-0.2, 0) is 0 Å². The predicted molar refractivity (Wildman–Crippen MR) is 83.8 cm³/mol. The summed E-state index contributed by atoms with van der Waals surface area (Å²) in [5.41, 5.74) is 7.57. The van der Waals surface area contributed by atoms with Gasteiger partial charge in [0, 0.05) is 23.7 Å². The van der Waals surface area contributed by atoms with Gasteiger partial charge in [-0.3, -0.25) is 4.90 Å². The van der Waals surface area contributed by atoms with Crippen molar-refractivity contribution in [2.24, 2.45) is 11.7 Å². The Hall–Kier alpha value is -0.610. The van der Waals surface area contributed by atoms with Gasteiger partial charge in [-0.15, -0.1) is 0 Å². The average molecular weight is 297 g/mol. The third kappa shape index (κ3) is 3.73. The van der Waals surface area contributed by atoms with Crippen LogP contribution in [0.15, 0.2) is 24.3 Å². The van der Waals surface area contributed by atoms with Crippen molar-refractivity contribution in [3.8, 4) is 0 Å². The Morgan fingerprint density at radius 3 is 2.65 bits per heavy atom. The van der Waals surface area contributed by atoms with E-state index in [-0.39, 0.29) is 12.1 Å². The fourth-order valence-corrected chi connectivity index (χ4v) is 3.26. The molecule has 1 aromatic carbocycles. The number of hydrogen-bond acceptors (Lipinski definition) is 3. The van der Waals surface area contributed by atoms with Gasteiger partial charge in [-0.2, -0.15) is 0 Å². The molecule has 0 amide bonds. The molecule has 0 radical (unpaired) electrons. The SMILES string of the molecule is CCC(N)C(c1cccc(Cl)c1)N1CCC(CO)CC1. The van der Waals surface area contributed by atoms with E-state index < -0.39 is 0 Å². The third-order valence-electron chi connectivity index (χ3n) is 4.37. The molecule has 1 aliphatic rings. The molecule has 2 atom stereocenters. The van der Waals surface area contributed by atoms with E-state index in [1.54, 1.807) is 0 Å². The van der Waals surface area contributed by atoms with Crippen LogP contribution in [0.5, 0.6) is 0 Å². The summed E-state index contributed by atoms with van der Waals surface area (Å²) >= 11 is 6.13. The van der Waals surface area contributed by atoms with E-state index in [4.69, 9.17) is 17.3 Å². The van der Waals surface area contributed by atoms with Gasteiger partial charge in [0.1, 0.15) is 0 Å². The first-order valence-corrected chi connectivity index (χ1v) is 7.89. The second kappa shape index (κ2) is 7.41. The van der Waals surface area contributed by atoms with Crippen molar-refractivity contribution in [2.75, 3.05) is 19.7 Å². The molecule has 20 heavy (non-hydrogen) atoms. The van der Waals surface area contributed by atoms with E-state index in [0.717, 1.165) is 37.4 Å². The Morgan fingerprint density at radius 1 is 1.40 bits per heavy atom. The van der Waals surface area contributed by atoms with Crippen molar-refractivity contribution >= 4 is 11.6 Å². The number of halogens is 1. The zero-order valence-corrected chi connectivity index (χ0v) is 12.9. The molecule has 1 saturated heterocycles.